The third-order valence-electron chi connectivity index (χ3n) is 3.63. The first-order valence-corrected chi connectivity index (χ1v) is 8.88. The lowest BCUT2D eigenvalue weighted by atomic mass is 10.1. The van der Waals surface area contributed by atoms with E-state index in [1.54, 1.807) is 29.8 Å². The Bertz CT molecular complexity index is 855. The van der Waals surface area contributed by atoms with E-state index in [0.29, 0.717) is 18.0 Å². The Balaban J connectivity index is 2.15. The predicted molar refractivity (Wildman–Crippen MR) is 104 cm³/mol. The summed E-state index contributed by atoms with van der Waals surface area (Å²) >= 11 is 0. The van der Waals surface area contributed by atoms with Crippen LogP contribution in [0.3, 0.4) is 0 Å². The van der Waals surface area contributed by atoms with Gasteiger partial charge in [0.2, 0.25) is 5.91 Å². The first-order valence-electron chi connectivity index (χ1n) is 8.88. The first kappa shape index (κ1) is 21.4. The van der Waals surface area contributed by atoms with Crippen molar-refractivity contribution < 1.29 is 23.0 Å². The van der Waals surface area contributed by atoms with Crippen LogP contribution in [-0.4, -0.2) is 28.9 Å². The zero-order valence-electron chi connectivity index (χ0n) is 16.6. The van der Waals surface area contributed by atoms with Gasteiger partial charge in [-0.3, -0.25) is 4.79 Å². The second-order valence-corrected chi connectivity index (χ2v) is 7.09. The second-order valence-electron chi connectivity index (χ2n) is 7.09. The highest BCUT2D eigenvalue weighted by Gasteiger charge is 2.19. The Labute approximate surface area is 163 Å². The number of alkyl halides is 2. The highest BCUT2D eigenvalue weighted by atomic mass is 19.3. The second kappa shape index (κ2) is 8.86. The van der Waals surface area contributed by atoms with Gasteiger partial charge < -0.3 is 14.8 Å². The molecule has 0 fully saturated rings. The Hall–Kier alpha value is -2.90. The fourth-order valence-corrected chi connectivity index (χ4v) is 2.53. The Kier molecular flexibility index (Phi) is 6.77. The van der Waals surface area contributed by atoms with Gasteiger partial charge in [0, 0.05) is 12.1 Å². The first-order chi connectivity index (χ1) is 13.1. The minimum atomic E-state index is -2.94. The minimum absolute atomic E-state index is 0.0528. The number of nitrogens with one attached hydrogen (secondary N) is 1. The summed E-state index contributed by atoms with van der Waals surface area (Å²) in [5.74, 6) is 0.390. The number of amides is 1. The molecule has 152 valence electrons. The van der Waals surface area contributed by atoms with Gasteiger partial charge in [0.15, 0.2) is 11.5 Å². The molecule has 1 heterocycles. The van der Waals surface area contributed by atoms with E-state index < -0.39 is 6.61 Å². The van der Waals surface area contributed by atoms with Crippen LogP contribution in [0, 0.1) is 6.92 Å². The molecule has 2 aromatic rings. The van der Waals surface area contributed by atoms with Gasteiger partial charge in [0.25, 0.3) is 0 Å². The Morgan fingerprint density at radius 3 is 2.61 bits per heavy atom. The van der Waals surface area contributed by atoms with Crippen LogP contribution in [0.25, 0.3) is 6.08 Å². The van der Waals surface area contributed by atoms with E-state index in [1.165, 1.54) is 18.2 Å². The summed E-state index contributed by atoms with van der Waals surface area (Å²) in [6.07, 6.45) is 2.92. The highest BCUT2D eigenvalue weighted by Crippen LogP contribution is 2.30. The summed E-state index contributed by atoms with van der Waals surface area (Å²) in [5.41, 5.74) is 1.12. The van der Waals surface area contributed by atoms with Crippen molar-refractivity contribution in [1.29, 1.82) is 0 Å². The summed E-state index contributed by atoms with van der Waals surface area (Å²) in [5, 5.41) is 7.21. The number of carbonyl (C=O) groups is 1. The standard InChI is InChI=1S/C20H25F2N3O3/c1-6-27-16-12-14(7-9-15(16)28-19(21)22)8-10-18(26)23-17-11-13(2)24-25(17)20(3,4)5/h7-12,19H,6H2,1-5H3,(H,23,26)/b10-8+. The number of halogens is 2. The van der Waals surface area contributed by atoms with Gasteiger partial charge >= 0.3 is 6.61 Å². The van der Waals surface area contributed by atoms with Gasteiger partial charge in [-0.2, -0.15) is 13.9 Å². The van der Waals surface area contributed by atoms with E-state index in [1.807, 2.05) is 27.7 Å². The number of aromatic nitrogens is 2. The number of ether oxygens (including phenoxy) is 2. The molecule has 0 atom stereocenters. The lowest BCUT2D eigenvalue weighted by Crippen LogP contribution is -2.26. The van der Waals surface area contributed by atoms with E-state index in [2.05, 4.69) is 15.2 Å². The van der Waals surface area contributed by atoms with Crippen molar-refractivity contribution in [3.05, 3.63) is 41.6 Å². The van der Waals surface area contributed by atoms with Crippen LogP contribution in [0.1, 0.15) is 39.0 Å². The van der Waals surface area contributed by atoms with Crippen LogP contribution in [0.5, 0.6) is 11.5 Å². The molecule has 0 unspecified atom stereocenters. The third-order valence-corrected chi connectivity index (χ3v) is 3.63. The molecular weight excluding hydrogens is 368 g/mol. The molecule has 0 spiro atoms. The summed E-state index contributed by atoms with van der Waals surface area (Å²) in [4.78, 5) is 12.3. The monoisotopic (exact) mass is 393 g/mol. The molecule has 1 aromatic heterocycles. The molecule has 0 saturated carbocycles. The predicted octanol–water partition coefficient (Wildman–Crippen LogP) is 4.60. The van der Waals surface area contributed by atoms with Crippen molar-refractivity contribution in [2.24, 2.45) is 0 Å². The third kappa shape index (κ3) is 5.80. The van der Waals surface area contributed by atoms with E-state index >= 15 is 0 Å². The van der Waals surface area contributed by atoms with Crippen LogP contribution in [-0.2, 0) is 10.3 Å². The van der Waals surface area contributed by atoms with Gasteiger partial charge in [0.1, 0.15) is 5.82 Å². The quantitative estimate of drug-likeness (QED) is 0.699. The van der Waals surface area contributed by atoms with E-state index in [4.69, 9.17) is 4.74 Å². The number of aryl methyl sites for hydroxylation is 1. The number of carbonyl (C=O) groups excluding carboxylic acids is 1. The van der Waals surface area contributed by atoms with Gasteiger partial charge in [-0.15, -0.1) is 0 Å². The van der Waals surface area contributed by atoms with Crippen molar-refractivity contribution in [2.45, 2.75) is 46.8 Å². The molecule has 6 nitrogen and oxygen atoms in total. The van der Waals surface area contributed by atoms with Gasteiger partial charge in [-0.1, -0.05) is 6.07 Å². The average Bonchev–Trinajstić information content (AvgIpc) is 2.95. The van der Waals surface area contributed by atoms with Gasteiger partial charge in [0.05, 0.1) is 17.8 Å². The number of benzene rings is 1. The van der Waals surface area contributed by atoms with Crippen LogP contribution in [0.4, 0.5) is 14.6 Å². The highest BCUT2D eigenvalue weighted by molar-refractivity contribution is 6.01. The van der Waals surface area contributed by atoms with Crippen LogP contribution < -0.4 is 14.8 Å². The molecule has 2 rings (SSSR count). The van der Waals surface area contributed by atoms with Gasteiger partial charge in [-0.05, 0) is 58.4 Å². The summed E-state index contributed by atoms with van der Waals surface area (Å²) < 4.78 is 36.5. The fraction of sp³-hybridized carbons (Fsp3) is 0.400. The molecule has 0 aliphatic rings. The molecule has 0 aliphatic heterocycles. The smallest absolute Gasteiger partial charge is 0.387 e. The lowest BCUT2D eigenvalue weighted by molar-refractivity contribution is -0.111. The van der Waals surface area contributed by atoms with E-state index in [-0.39, 0.29) is 22.9 Å². The number of nitrogens with zero attached hydrogens (tertiary/aromatic N) is 2. The number of hydrogen-bond donors (Lipinski definition) is 1. The zero-order chi connectivity index (χ0) is 20.9. The van der Waals surface area contributed by atoms with Crippen molar-refractivity contribution in [3.8, 4) is 11.5 Å². The maximum absolute atomic E-state index is 12.5. The SMILES string of the molecule is CCOc1cc(/C=C/C(=O)Nc2cc(C)nn2C(C)(C)C)ccc1OC(F)F. The largest absolute Gasteiger partial charge is 0.490 e. The normalized spacial score (nSPS) is 11.9. The maximum atomic E-state index is 12.5. The molecule has 1 aromatic carbocycles. The molecule has 8 heteroatoms. The molecule has 28 heavy (non-hydrogen) atoms. The molecule has 0 radical (unpaired) electrons. The van der Waals surface area contributed by atoms with Crippen molar-refractivity contribution >= 4 is 17.8 Å². The van der Waals surface area contributed by atoms with Gasteiger partial charge in [-0.25, -0.2) is 4.68 Å². The number of hydrogen-bond acceptors (Lipinski definition) is 4. The number of anilines is 1. The van der Waals surface area contributed by atoms with E-state index in [0.717, 1.165) is 5.69 Å². The minimum Gasteiger partial charge on any atom is -0.490 e. The summed E-state index contributed by atoms with van der Waals surface area (Å²) in [6, 6.07) is 6.27. The van der Waals surface area contributed by atoms with E-state index in [9.17, 15) is 13.6 Å². The molecule has 0 aliphatic carbocycles. The summed E-state index contributed by atoms with van der Waals surface area (Å²) in [7, 11) is 0. The Morgan fingerprint density at radius 1 is 1.29 bits per heavy atom. The summed E-state index contributed by atoms with van der Waals surface area (Å²) in [6.45, 7) is 6.91. The van der Waals surface area contributed by atoms with Crippen molar-refractivity contribution in [1.82, 2.24) is 9.78 Å². The molecule has 0 saturated heterocycles. The molecule has 1 amide bonds. The Morgan fingerprint density at radius 2 is 2.00 bits per heavy atom. The van der Waals surface area contributed by atoms with Crippen LogP contribution >= 0.6 is 0 Å². The van der Waals surface area contributed by atoms with Crippen LogP contribution in [0.15, 0.2) is 30.3 Å². The van der Waals surface area contributed by atoms with Crippen LogP contribution in [0.2, 0.25) is 0 Å². The lowest BCUT2D eigenvalue weighted by Gasteiger charge is -2.22. The topological polar surface area (TPSA) is 65.4 Å². The molecular formula is C20H25F2N3O3. The maximum Gasteiger partial charge on any atom is 0.387 e. The van der Waals surface area contributed by atoms with Crippen molar-refractivity contribution in [3.63, 3.8) is 0 Å². The van der Waals surface area contributed by atoms with Crippen molar-refractivity contribution in [2.75, 3.05) is 11.9 Å². The average molecular weight is 393 g/mol. The fourth-order valence-electron chi connectivity index (χ4n) is 2.53. The molecule has 0 bridgehead atoms. The zero-order valence-corrected chi connectivity index (χ0v) is 16.6. The molecule has 1 N–H and O–H groups in total. The number of rotatable bonds is 7.